The normalized spacial score (nSPS) is 17.3. The van der Waals surface area contributed by atoms with Crippen molar-refractivity contribution in [1.29, 1.82) is 0 Å². The second-order valence-electron chi connectivity index (χ2n) is 8.47. The minimum Gasteiger partial charge on any atom is -0.497 e. The zero-order valence-electron chi connectivity index (χ0n) is 19.2. The Kier molecular flexibility index (Phi) is 5.49. The number of nitrogens with one attached hydrogen (secondary N) is 1. The lowest BCUT2D eigenvalue weighted by Crippen LogP contribution is -2.47. The Morgan fingerprint density at radius 1 is 1.09 bits per heavy atom. The van der Waals surface area contributed by atoms with Gasteiger partial charge in [0, 0.05) is 29.9 Å². The molecule has 172 valence electrons. The SMILES string of the molecule is COc1ccc(C(=O)N2c3ccccc3[C@H](N(C(C)=O)c3ccc4nn[nH]c4c3)C[C@@H]2C)cc1. The molecule has 0 saturated carbocycles. The maximum Gasteiger partial charge on any atom is 0.258 e. The molecule has 3 aromatic carbocycles. The molecule has 0 aliphatic carbocycles. The number of rotatable bonds is 4. The van der Waals surface area contributed by atoms with Crippen molar-refractivity contribution in [2.24, 2.45) is 0 Å². The zero-order valence-corrected chi connectivity index (χ0v) is 19.2. The van der Waals surface area contributed by atoms with E-state index in [1.165, 1.54) is 0 Å². The van der Waals surface area contributed by atoms with Gasteiger partial charge in [0.05, 0.1) is 18.7 Å². The Bertz CT molecular complexity index is 1360. The van der Waals surface area contributed by atoms with Gasteiger partial charge >= 0.3 is 0 Å². The number of fused-ring (bicyclic) bond motifs is 2. The molecule has 5 rings (SSSR count). The molecule has 0 unspecified atom stereocenters. The smallest absolute Gasteiger partial charge is 0.258 e. The fraction of sp³-hybridized carbons (Fsp3) is 0.231. The number of aromatic nitrogens is 3. The lowest BCUT2D eigenvalue weighted by atomic mass is 9.89. The third kappa shape index (κ3) is 3.67. The van der Waals surface area contributed by atoms with E-state index in [2.05, 4.69) is 15.4 Å². The minimum absolute atomic E-state index is 0.0752. The summed E-state index contributed by atoms with van der Waals surface area (Å²) < 4.78 is 5.23. The van der Waals surface area contributed by atoms with Crippen molar-refractivity contribution in [2.45, 2.75) is 32.4 Å². The second-order valence-corrected chi connectivity index (χ2v) is 8.47. The summed E-state index contributed by atoms with van der Waals surface area (Å²) in [5, 5.41) is 10.8. The highest BCUT2D eigenvalue weighted by atomic mass is 16.5. The summed E-state index contributed by atoms with van der Waals surface area (Å²) in [5.74, 6) is 0.541. The molecule has 34 heavy (non-hydrogen) atoms. The van der Waals surface area contributed by atoms with Crippen LogP contribution in [0.3, 0.4) is 0 Å². The predicted octanol–water partition coefficient (Wildman–Crippen LogP) is 4.50. The Hall–Kier alpha value is -4.20. The number of hydrogen-bond acceptors (Lipinski definition) is 5. The fourth-order valence-electron chi connectivity index (χ4n) is 4.77. The number of hydrogen-bond donors (Lipinski definition) is 1. The molecule has 2 heterocycles. The average molecular weight is 456 g/mol. The monoisotopic (exact) mass is 455 g/mol. The van der Waals surface area contributed by atoms with Crippen molar-refractivity contribution in [1.82, 2.24) is 15.4 Å². The van der Waals surface area contributed by atoms with E-state index in [-0.39, 0.29) is 23.9 Å². The number of aromatic amines is 1. The van der Waals surface area contributed by atoms with Gasteiger partial charge in [0.2, 0.25) is 5.91 Å². The molecular formula is C26H25N5O3. The van der Waals surface area contributed by atoms with Crippen molar-refractivity contribution < 1.29 is 14.3 Å². The molecular weight excluding hydrogens is 430 g/mol. The van der Waals surface area contributed by atoms with E-state index in [1.807, 2.05) is 54.3 Å². The molecule has 1 aromatic heterocycles. The molecule has 2 amide bonds. The average Bonchev–Trinajstić information content (AvgIpc) is 3.32. The van der Waals surface area contributed by atoms with Crippen LogP contribution in [0.5, 0.6) is 5.75 Å². The first kappa shape index (κ1) is 21.6. The number of amides is 2. The van der Waals surface area contributed by atoms with Gasteiger partial charge in [-0.2, -0.15) is 0 Å². The highest BCUT2D eigenvalue weighted by molar-refractivity contribution is 6.07. The largest absolute Gasteiger partial charge is 0.497 e. The van der Waals surface area contributed by atoms with Gasteiger partial charge in [-0.1, -0.05) is 23.4 Å². The highest BCUT2D eigenvalue weighted by Gasteiger charge is 2.38. The van der Waals surface area contributed by atoms with Gasteiger partial charge in [0.15, 0.2) is 0 Å². The van der Waals surface area contributed by atoms with Crippen molar-refractivity contribution in [3.05, 3.63) is 77.9 Å². The number of anilines is 2. The Morgan fingerprint density at radius 3 is 2.59 bits per heavy atom. The first-order valence-electron chi connectivity index (χ1n) is 11.1. The number of benzene rings is 3. The van der Waals surface area contributed by atoms with Gasteiger partial charge in [0.1, 0.15) is 11.3 Å². The van der Waals surface area contributed by atoms with Crippen molar-refractivity contribution in [2.75, 3.05) is 16.9 Å². The van der Waals surface area contributed by atoms with Crippen LogP contribution < -0.4 is 14.5 Å². The Balaban J connectivity index is 1.56. The van der Waals surface area contributed by atoms with Gasteiger partial charge in [-0.05, 0) is 67.4 Å². The van der Waals surface area contributed by atoms with Crippen LogP contribution >= 0.6 is 0 Å². The van der Waals surface area contributed by atoms with E-state index in [1.54, 1.807) is 43.2 Å². The highest BCUT2D eigenvalue weighted by Crippen LogP contribution is 2.43. The van der Waals surface area contributed by atoms with Crippen LogP contribution in [-0.4, -0.2) is 40.4 Å². The summed E-state index contributed by atoms with van der Waals surface area (Å²) in [6.07, 6.45) is 0.595. The van der Waals surface area contributed by atoms with Crippen LogP contribution in [-0.2, 0) is 4.79 Å². The second kappa shape index (κ2) is 8.62. The van der Waals surface area contributed by atoms with Crippen molar-refractivity contribution >= 4 is 34.2 Å². The summed E-state index contributed by atoms with van der Waals surface area (Å²) in [7, 11) is 1.60. The fourth-order valence-corrected chi connectivity index (χ4v) is 4.77. The summed E-state index contributed by atoms with van der Waals surface area (Å²) in [6.45, 7) is 3.59. The molecule has 2 atom stereocenters. The molecule has 0 fully saturated rings. The number of ether oxygens (including phenoxy) is 1. The van der Waals surface area contributed by atoms with Crippen molar-refractivity contribution in [3.63, 3.8) is 0 Å². The lowest BCUT2D eigenvalue weighted by molar-refractivity contribution is -0.117. The van der Waals surface area contributed by atoms with Crippen LogP contribution in [0, 0.1) is 0 Å². The summed E-state index contributed by atoms with van der Waals surface area (Å²) in [6, 6.07) is 20.2. The van der Waals surface area contributed by atoms with Gasteiger partial charge in [0.25, 0.3) is 5.91 Å². The molecule has 8 heteroatoms. The van der Waals surface area contributed by atoms with Gasteiger partial charge < -0.3 is 14.5 Å². The van der Waals surface area contributed by atoms with Crippen LogP contribution in [0.4, 0.5) is 11.4 Å². The Labute approximate surface area is 197 Å². The number of carbonyl (C=O) groups excluding carboxylic acids is 2. The van der Waals surface area contributed by atoms with E-state index in [9.17, 15) is 9.59 Å². The summed E-state index contributed by atoms with van der Waals surface area (Å²) in [5.41, 5.74) is 4.58. The molecule has 1 aliphatic heterocycles. The molecule has 1 aliphatic rings. The summed E-state index contributed by atoms with van der Waals surface area (Å²) in [4.78, 5) is 30.1. The first-order chi connectivity index (χ1) is 16.5. The molecule has 8 nitrogen and oxygen atoms in total. The zero-order chi connectivity index (χ0) is 23.8. The number of H-pyrrole nitrogens is 1. The standard InChI is InChI=1S/C26H25N5O3/c1-16-14-25(31(17(2)32)19-10-13-22-23(15-19)28-29-27-22)21-6-4-5-7-24(21)30(16)26(33)18-8-11-20(34-3)12-9-18/h4-13,15-16,25H,14H2,1-3H3,(H,27,28,29)/t16-,25+/m0/s1. The number of para-hydroxylation sites is 1. The first-order valence-corrected chi connectivity index (χ1v) is 11.1. The summed E-state index contributed by atoms with van der Waals surface area (Å²) >= 11 is 0. The number of nitrogens with zero attached hydrogens (tertiary/aromatic N) is 4. The molecule has 0 bridgehead atoms. The topological polar surface area (TPSA) is 91.4 Å². The van der Waals surface area contributed by atoms with E-state index < -0.39 is 0 Å². The molecule has 0 saturated heterocycles. The number of methoxy groups -OCH3 is 1. The van der Waals surface area contributed by atoms with Gasteiger partial charge in [-0.3, -0.25) is 14.7 Å². The van der Waals surface area contributed by atoms with Crippen LogP contribution in [0.2, 0.25) is 0 Å². The van der Waals surface area contributed by atoms with E-state index in [0.29, 0.717) is 17.7 Å². The van der Waals surface area contributed by atoms with E-state index in [0.717, 1.165) is 28.0 Å². The van der Waals surface area contributed by atoms with Crippen molar-refractivity contribution in [3.8, 4) is 5.75 Å². The third-order valence-electron chi connectivity index (χ3n) is 6.35. The lowest BCUT2D eigenvalue weighted by Gasteiger charge is -2.43. The molecule has 4 aromatic rings. The van der Waals surface area contributed by atoms with E-state index >= 15 is 0 Å². The van der Waals surface area contributed by atoms with Crippen LogP contribution in [0.1, 0.15) is 42.2 Å². The predicted molar refractivity (Wildman–Crippen MR) is 130 cm³/mol. The van der Waals surface area contributed by atoms with Gasteiger partial charge in [-0.15, -0.1) is 5.10 Å². The van der Waals surface area contributed by atoms with E-state index in [4.69, 9.17) is 4.74 Å². The van der Waals surface area contributed by atoms with Crippen LogP contribution in [0.15, 0.2) is 66.7 Å². The molecule has 1 N–H and O–H groups in total. The van der Waals surface area contributed by atoms with Gasteiger partial charge in [-0.25, -0.2) is 0 Å². The third-order valence-corrected chi connectivity index (χ3v) is 6.35. The minimum atomic E-state index is -0.225. The quantitative estimate of drug-likeness (QED) is 0.489. The maximum atomic E-state index is 13.6. The number of carbonyl (C=O) groups is 2. The maximum absolute atomic E-state index is 13.6. The molecule has 0 spiro atoms. The Morgan fingerprint density at radius 2 is 1.85 bits per heavy atom. The van der Waals surface area contributed by atoms with Crippen LogP contribution in [0.25, 0.3) is 11.0 Å². The molecule has 0 radical (unpaired) electrons.